The lowest BCUT2D eigenvalue weighted by molar-refractivity contribution is 0.0506. The van der Waals surface area contributed by atoms with Crippen molar-refractivity contribution in [1.29, 1.82) is 0 Å². The van der Waals surface area contributed by atoms with Crippen LogP contribution >= 0.6 is 12.4 Å². The second-order valence-corrected chi connectivity index (χ2v) is 5.45. The molecule has 0 spiro atoms. The van der Waals surface area contributed by atoms with E-state index in [9.17, 15) is 9.59 Å². The minimum atomic E-state index is -0.188. The van der Waals surface area contributed by atoms with Gasteiger partial charge in [0.05, 0.1) is 11.1 Å². The van der Waals surface area contributed by atoms with E-state index in [4.69, 9.17) is 5.73 Å². The maximum absolute atomic E-state index is 12.4. The van der Waals surface area contributed by atoms with Crippen LogP contribution in [0.25, 0.3) is 0 Å². The van der Waals surface area contributed by atoms with E-state index in [0.29, 0.717) is 16.8 Å². The van der Waals surface area contributed by atoms with E-state index in [-0.39, 0.29) is 35.7 Å². The second-order valence-electron chi connectivity index (χ2n) is 5.45. The van der Waals surface area contributed by atoms with Crippen molar-refractivity contribution in [1.82, 2.24) is 9.80 Å². The van der Waals surface area contributed by atoms with Crippen molar-refractivity contribution in [2.24, 2.45) is 0 Å². The Morgan fingerprint density at radius 1 is 1.14 bits per heavy atom. The van der Waals surface area contributed by atoms with E-state index in [1.54, 1.807) is 18.2 Å². The molecule has 7 heteroatoms. The van der Waals surface area contributed by atoms with Crippen LogP contribution in [0.1, 0.15) is 40.5 Å². The number of imide groups is 1. The molecular weight excluding hydrogens is 306 g/mol. The Morgan fingerprint density at radius 3 is 2.32 bits per heavy atom. The van der Waals surface area contributed by atoms with Crippen LogP contribution in [0.4, 0.5) is 5.69 Å². The number of halogens is 1. The highest BCUT2D eigenvalue weighted by molar-refractivity contribution is 6.21. The molecule has 22 heavy (non-hydrogen) atoms. The number of likely N-dealkylation sites (tertiary alicyclic amines) is 1. The average molecular weight is 328 g/mol. The predicted octanol–water partition coefficient (Wildman–Crippen LogP) is 0.946. The number of anilines is 1. The molecule has 1 aromatic carbocycles. The summed E-state index contributed by atoms with van der Waals surface area (Å²) in [6, 6.07) is 4.96. The lowest BCUT2D eigenvalue weighted by Crippen LogP contribution is -2.47. The van der Waals surface area contributed by atoms with Crippen molar-refractivity contribution >= 4 is 29.9 Å². The van der Waals surface area contributed by atoms with Gasteiger partial charge in [0.1, 0.15) is 0 Å². The molecule has 0 radical (unpaired) electrons. The zero-order valence-electron chi connectivity index (χ0n) is 12.5. The van der Waals surface area contributed by atoms with Gasteiger partial charge < -0.3 is 16.1 Å². The summed E-state index contributed by atoms with van der Waals surface area (Å²) in [4.78, 5) is 28.6. The Hall–Kier alpha value is -1.63. The summed E-state index contributed by atoms with van der Waals surface area (Å²) in [5.74, 6) is -0.354. The van der Waals surface area contributed by atoms with E-state index in [2.05, 4.69) is 11.8 Å². The van der Waals surface area contributed by atoms with Gasteiger partial charge in [0.15, 0.2) is 0 Å². The number of nitrogens with zero attached hydrogens (tertiary/aromatic N) is 2. The number of hydrogen-bond acceptors (Lipinski definition) is 4. The third-order valence-electron chi connectivity index (χ3n) is 4.31. The van der Waals surface area contributed by atoms with Crippen molar-refractivity contribution < 1.29 is 15.1 Å². The van der Waals surface area contributed by atoms with Gasteiger partial charge in [-0.15, -0.1) is 12.4 Å². The van der Waals surface area contributed by atoms with Gasteiger partial charge in [-0.1, -0.05) is 6.92 Å². The summed E-state index contributed by atoms with van der Waals surface area (Å²) in [5.41, 5.74) is 7.17. The Labute approximate surface area is 136 Å². The lowest BCUT2D eigenvalue weighted by Gasteiger charge is -2.35. The van der Waals surface area contributed by atoms with Crippen molar-refractivity contribution in [2.45, 2.75) is 25.8 Å². The highest BCUT2D eigenvalue weighted by Crippen LogP contribution is 2.29. The highest BCUT2D eigenvalue weighted by Gasteiger charge is 2.40. The largest absolute Gasteiger partial charge is 0.412 e. The van der Waals surface area contributed by atoms with E-state index in [1.165, 1.54) is 4.90 Å². The van der Waals surface area contributed by atoms with Gasteiger partial charge in [-0.05, 0) is 37.6 Å². The molecule has 1 saturated heterocycles. The van der Waals surface area contributed by atoms with Gasteiger partial charge in [0, 0.05) is 24.8 Å². The standard InChI is InChI=1S/C15H19N3O2.ClH.H2O/c1-2-17-7-5-11(6-8-17)18-14(19)12-4-3-10(16)9-13(12)15(18)20;;/h3-4,9,11H,2,5-8,16H2,1H3;1H;1H2. The van der Waals surface area contributed by atoms with Crippen molar-refractivity contribution in [3.05, 3.63) is 29.3 Å². The molecule has 0 aromatic heterocycles. The number of piperidine rings is 1. The number of carbonyl (C=O) groups excluding carboxylic acids is 2. The molecule has 0 unspecified atom stereocenters. The molecular formula is C15H22ClN3O3. The van der Waals surface area contributed by atoms with Crippen LogP contribution in [0.2, 0.25) is 0 Å². The second kappa shape index (κ2) is 7.09. The normalized spacial score (nSPS) is 18.7. The van der Waals surface area contributed by atoms with Crippen LogP contribution in [-0.4, -0.2) is 52.8 Å². The number of nitrogen functional groups attached to an aromatic ring is 1. The van der Waals surface area contributed by atoms with E-state index in [0.717, 1.165) is 32.5 Å². The molecule has 4 N–H and O–H groups in total. The fraction of sp³-hybridized carbons (Fsp3) is 0.467. The van der Waals surface area contributed by atoms with Crippen molar-refractivity contribution in [3.8, 4) is 0 Å². The Bertz CT molecular complexity index is 571. The molecule has 0 saturated carbocycles. The molecule has 3 rings (SSSR count). The quantitative estimate of drug-likeness (QED) is 0.645. The Morgan fingerprint density at radius 2 is 1.73 bits per heavy atom. The first kappa shape index (κ1) is 18.4. The first-order valence-electron chi connectivity index (χ1n) is 7.11. The van der Waals surface area contributed by atoms with Crippen LogP contribution in [0, 0.1) is 0 Å². The number of rotatable bonds is 2. The van der Waals surface area contributed by atoms with Crippen molar-refractivity contribution in [3.63, 3.8) is 0 Å². The van der Waals surface area contributed by atoms with Gasteiger partial charge in [-0.2, -0.15) is 0 Å². The van der Waals surface area contributed by atoms with Crippen LogP contribution in [0.15, 0.2) is 18.2 Å². The number of benzene rings is 1. The molecule has 2 heterocycles. The maximum atomic E-state index is 12.4. The van der Waals surface area contributed by atoms with Gasteiger partial charge in [0.2, 0.25) is 0 Å². The molecule has 2 aliphatic rings. The summed E-state index contributed by atoms with van der Waals surface area (Å²) < 4.78 is 0. The number of hydrogen-bond donors (Lipinski definition) is 1. The zero-order chi connectivity index (χ0) is 14.3. The number of carbonyl (C=O) groups is 2. The van der Waals surface area contributed by atoms with Crippen LogP contribution in [0.5, 0.6) is 0 Å². The van der Waals surface area contributed by atoms with E-state index < -0.39 is 0 Å². The molecule has 6 nitrogen and oxygen atoms in total. The number of nitrogens with two attached hydrogens (primary N) is 1. The van der Waals surface area contributed by atoms with Crippen LogP contribution < -0.4 is 5.73 Å². The van der Waals surface area contributed by atoms with E-state index in [1.807, 2.05) is 0 Å². The molecule has 2 aliphatic heterocycles. The van der Waals surface area contributed by atoms with Crippen molar-refractivity contribution in [2.75, 3.05) is 25.4 Å². The molecule has 1 aromatic rings. The topological polar surface area (TPSA) is 98.1 Å². The molecule has 122 valence electrons. The Kier molecular flexibility index (Phi) is 5.93. The molecule has 1 fully saturated rings. The molecule has 0 aliphatic carbocycles. The summed E-state index contributed by atoms with van der Waals surface area (Å²) in [7, 11) is 0. The molecule has 0 bridgehead atoms. The third kappa shape index (κ3) is 2.95. The van der Waals surface area contributed by atoms with Gasteiger partial charge in [-0.3, -0.25) is 14.5 Å². The third-order valence-corrected chi connectivity index (χ3v) is 4.31. The maximum Gasteiger partial charge on any atom is 0.261 e. The van der Waals surface area contributed by atoms with Crippen LogP contribution in [0.3, 0.4) is 0 Å². The fourth-order valence-corrected chi connectivity index (χ4v) is 3.10. The Balaban J connectivity index is 0.00000121. The lowest BCUT2D eigenvalue weighted by atomic mass is 10.0. The van der Waals surface area contributed by atoms with Crippen LogP contribution in [-0.2, 0) is 0 Å². The highest BCUT2D eigenvalue weighted by atomic mass is 35.5. The SMILES string of the molecule is CCN1CCC(N2C(=O)c3ccc(N)cc3C2=O)CC1.Cl.O. The minimum Gasteiger partial charge on any atom is -0.412 e. The fourth-order valence-electron chi connectivity index (χ4n) is 3.10. The number of amides is 2. The minimum absolute atomic E-state index is 0. The summed E-state index contributed by atoms with van der Waals surface area (Å²) >= 11 is 0. The van der Waals surface area contributed by atoms with Gasteiger partial charge >= 0.3 is 0 Å². The summed E-state index contributed by atoms with van der Waals surface area (Å²) in [6.07, 6.45) is 1.71. The monoisotopic (exact) mass is 327 g/mol. The molecule has 2 amide bonds. The van der Waals surface area contributed by atoms with Gasteiger partial charge in [0.25, 0.3) is 11.8 Å². The summed E-state index contributed by atoms with van der Waals surface area (Å²) in [5, 5.41) is 0. The van der Waals surface area contributed by atoms with E-state index >= 15 is 0 Å². The summed E-state index contributed by atoms with van der Waals surface area (Å²) in [6.45, 7) is 5.03. The number of fused-ring (bicyclic) bond motifs is 1. The first-order valence-corrected chi connectivity index (χ1v) is 7.11. The molecule has 0 atom stereocenters. The smallest absolute Gasteiger partial charge is 0.261 e. The first-order chi connectivity index (χ1) is 9.61. The van der Waals surface area contributed by atoms with Gasteiger partial charge in [-0.25, -0.2) is 0 Å². The predicted molar refractivity (Wildman–Crippen MR) is 87.4 cm³/mol. The average Bonchev–Trinajstić information content (AvgIpc) is 2.71. The zero-order valence-corrected chi connectivity index (χ0v) is 13.4.